The molecule has 1 saturated carbocycles. The van der Waals surface area contributed by atoms with Crippen molar-refractivity contribution in [2.24, 2.45) is 5.92 Å². The number of likely N-dealkylation sites (N-methyl/N-ethyl adjacent to an activating group) is 1. The van der Waals surface area contributed by atoms with E-state index in [-0.39, 0.29) is 24.1 Å². The van der Waals surface area contributed by atoms with E-state index in [1.165, 1.54) is 19.1 Å². The number of anilines is 1. The number of rotatable bonds is 5. The van der Waals surface area contributed by atoms with Crippen molar-refractivity contribution in [1.29, 1.82) is 0 Å². The Morgan fingerprint density at radius 2 is 1.70 bits per heavy atom. The predicted molar refractivity (Wildman–Crippen MR) is 102 cm³/mol. The average molecular weight is 376 g/mol. The lowest BCUT2D eigenvalue weighted by molar-refractivity contribution is -0.136. The van der Waals surface area contributed by atoms with Gasteiger partial charge in [-0.15, -0.1) is 0 Å². The fraction of sp³-hybridized carbons (Fsp3) is 0.550. The molecule has 7 heteroatoms. The van der Waals surface area contributed by atoms with Gasteiger partial charge in [-0.25, -0.2) is 9.59 Å². The van der Waals surface area contributed by atoms with Gasteiger partial charge in [0.25, 0.3) is 5.91 Å². The summed E-state index contributed by atoms with van der Waals surface area (Å²) >= 11 is 0. The topological polar surface area (TPSA) is 76.1 Å². The van der Waals surface area contributed by atoms with E-state index in [1.54, 1.807) is 36.2 Å². The summed E-state index contributed by atoms with van der Waals surface area (Å²) < 4.78 is 9.90. The largest absolute Gasteiger partial charge is 0.452 e. The van der Waals surface area contributed by atoms with Crippen molar-refractivity contribution in [2.45, 2.75) is 38.6 Å². The second kappa shape index (κ2) is 9.39. The predicted octanol–water partition coefficient (Wildman–Crippen LogP) is 3.08. The molecule has 1 fully saturated rings. The number of amides is 2. The van der Waals surface area contributed by atoms with Gasteiger partial charge in [0.2, 0.25) is 0 Å². The van der Waals surface area contributed by atoms with Gasteiger partial charge in [0.15, 0.2) is 6.61 Å². The molecule has 2 rings (SSSR count). The monoisotopic (exact) mass is 376 g/mol. The van der Waals surface area contributed by atoms with Crippen LogP contribution in [0.5, 0.6) is 0 Å². The lowest BCUT2D eigenvalue weighted by atomic mass is 9.87. The Hall–Kier alpha value is -2.57. The van der Waals surface area contributed by atoms with Gasteiger partial charge in [-0.3, -0.25) is 9.69 Å². The number of esters is 1. The van der Waals surface area contributed by atoms with E-state index in [0.717, 1.165) is 25.7 Å². The first-order chi connectivity index (χ1) is 12.8. The van der Waals surface area contributed by atoms with Crippen LogP contribution in [0.2, 0.25) is 0 Å². The van der Waals surface area contributed by atoms with Gasteiger partial charge in [0.05, 0.1) is 18.4 Å². The van der Waals surface area contributed by atoms with Gasteiger partial charge >= 0.3 is 12.1 Å². The zero-order chi connectivity index (χ0) is 20.0. The lowest BCUT2D eigenvalue weighted by Gasteiger charge is -2.33. The van der Waals surface area contributed by atoms with Gasteiger partial charge in [0.1, 0.15) is 0 Å². The minimum Gasteiger partial charge on any atom is -0.452 e. The molecule has 2 amide bonds. The Balaban J connectivity index is 1.97. The molecule has 27 heavy (non-hydrogen) atoms. The van der Waals surface area contributed by atoms with E-state index in [0.29, 0.717) is 11.6 Å². The van der Waals surface area contributed by atoms with Crippen molar-refractivity contribution in [3.8, 4) is 0 Å². The molecule has 1 aliphatic rings. The number of carbonyl (C=O) groups is 3. The highest BCUT2D eigenvalue weighted by Gasteiger charge is 2.26. The lowest BCUT2D eigenvalue weighted by Crippen LogP contribution is -2.41. The van der Waals surface area contributed by atoms with Crippen LogP contribution in [-0.4, -0.2) is 56.7 Å². The van der Waals surface area contributed by atoms with E-state index in [9.17, 15) is 14.4 Å². The fourth-order valence-corrected chi connectivity index (χ4v) is 3.31. The van der Waals surface area contributed by atoms with Gasteiger partial charge in [-0.2, -0.15) is 0 Å². The molecule has 0 bridgehead atoms. The molecule has 0 unspecified atom stereocenters. The smallest absolute Gasteiger partial charge is 0.413 e. The fourth-order valence-electron chi connectivity index (χ4n) is 3.31. The van der Waals surface area contributed by atoms with E-state index in [1.807, 2.05) is 0 Å². The highest BCUT2D eigenvalue weighted by molar-refractivity contribution is 6.01. The first kappa shape index (κ1) is 20.7. The number of benzene rings is 1. The van der Waals surface area contributed by atoms with Crippen LogP contribution >= 0.6 is 0 Å². The van der Waals surface area contributed by atoms with Crippen LogP contribution in [0.3, 0.4) is 0 Å². The van der Waals surface area contributed by atoms with Gasteiger partial charge in [-0.05, 0) is 43.7 Å². The second-order valence-electron chi connectivity index (χ2n) is 7.04. The summed E-state index contributed by atoms with van der Waals surface area (Å²) in [5, 5.41) is 0. The second-order valence-corrected chi connectivity index (χ2v) is 7.04. The molecule has 0 spiro atoms. The van der Waals surface area contributed by atoms with Crippen LogP contribution in [0.15, 0.2) is 24.3 Å². The highest BCUT2D eigenvalue weighted by atomic mass is 16.5. The Bertz CT molecular complexity index is 683. The molecule has 1 aliphatic carbocycles. The SMILES string of the molecule is COC(=O)N(C)c1ccccc1C(=O)OCC(=O)N(C)C1CCC(C)CC1. The molecular formula is C20H28N2O5. The molecule has 148 valence electrons. The summed E-state index contributed by atoms with van der Waals surface area (Å²) in [6.07, 6.45) is 3.57. The molecule has 0 aliphatic heterocycles. The Kier molecular flexibility index (Phi) is 7.21. The zero-order valence-corrected chi connectivity index (χ0v) is 16.4. The first-order valence-electron chi connectivity index (χ1n) is 9.18. The summed E-state index contributed by atoms with van der Waals surface area (Å²) in [5.41, 5.74) is 0.559. The number of carbonyl (C=O) groups excluding carboxylic acids is 3. The number of hydrogen-bond acceptors (Lipinski definition) is 5. The molecule has 7 nitrogen and oxygen atoms in total. The van der Waals surface area contributed by atoms with E-state index in [4.69, 9.17) is 4.74 Å². The minimum absolute atomic E-state index is 0.199. The van der Waals surface area contributed by atoms with Crippen molar-refractivity contribution in [2.75, 3.05) is 32.7 Å². The maximum Gasteiger partial charge on any atom is 0.413 e. The van der Waals surface area contributed by atoms with Crippen molar-refractivity contribution >= 4 is 23.7 Å². The number of nitrogens with zero attached hydrogens (tertiary/aromatic N) is 2. The summed E-state index contributed by atoms with van der Waals surface area (Å²) in [6.45, 7) is 1.90. The molecule has 1 aromatic rings. The Morgan fingerprint density at radius 3 is 2.33 bits per heavy atom. The summed E-state index contributed by atoms with van der Waals surface area (Å²) in [4.78, 5) is 39.5. The third-order valence-electron chi connectivity index (χ3n) is 5.19. The molecule has 0 heterocycles. The first-order valence-corrected chi connectivity index (χ1v) is 9.18. The van der Waals surface area contributed by atoms with Gasteiger partial charge in [-0.1, -0.05) is 19.1 Å². The summed E-state index contributed by atoms with van der Waals surface area (Å²) in [6, 6.07) is 6.74. The summed E-state index contributed by atoms with van der Waals surface area (Å²) in [7, 11) is 4.52. The van der Waals surface area contributed by atoms with Gasteiger partial charge < -0.3 is 14.4 Å². The number of hydrogen-bond donors (Lipinski definition) is 0. The molecule has 0 atom stereocenters. The molecule has 0 radical (unpaired) electrons. The normalized spacial score (nSPS) is 19.1. The number of para-hydroxylation sites is 1. The molecule has 0 saturated heterocycles. The van der Waals surface area contributed by atoms with Crippen molar-refractivity contribution in [1.82, 2.24) is 4.90 Å². The Morgan fingerprint density at radius 1 is 1.07 bits per heavy atom. The van der Waals surface area contributed by atoms with Crippen molar-refractivity contribution < 1.29 is 23.9 Å². The molecule has 0 aromatic heterocycles. The van der Waals surface area contributed by atoms with E-state index in [2.05, 4.69) is 11.7 Å². The summed E-state index contributed by atoms with van der Waals surface area (Å²) in [5.74, 6) is -0.173. The van der Waals surface area contributed by atoms with Crippen LogP contribution in [0.4, 0.5) is 10.5 Å². The van der Waals surface area contributed by atoms with Crippen LogP contribution in [0, 0.1) is 5.92 Å². The van der Waals surface area contributed by atoms with E-state index < -0.39 is 12.1 Å². The quantitative estimate of drug-likeness (QED) is 0.738. The highest BCUT2D eigenvalue weighted by Crippen LogP contribution is 2.26. The molecule has 0 N–H and O–H groups in total. The van der Waals surface area contributed by atoms with Crippen LogP contribution in [-0.2, 0) is 14.3 Å². The maximum absolute atomic E-state index is 12.5. The average Bonchev–Trinajstić information content (AvgIpc) is 2.70. The minimum atomic E-state index is -0.652. The van der Waals surface area contributed by atoms with Crippen LogP contribution in [0.25, 0.3) is 0 Å². The van der Waals surface area contributed by atoms with Crippen molar-refractivity contribution in [3.05, 3.63) is 29.8 Å². The van der Waals surface area contributed by atoms with Gasteiger partial charge in [0, 0.05) is 20.1 Å². The number of ether oxygens (including phenoxy) is 2. The molecular weight excluding hydrogens is 348 g/mol. The van der Waals surface area contributed by atoms with Crippen molar-refractivity contribution in [3.63, 3.8) is 0 Å². The van der Waals surface area contributed by atoms with Crippen LogP contribution in [0.1, 0.15) is 43.0 Å². The zero-order valence-electron chi connectivity index (χ0n) is 16.4. The third kappa shape index (κ3) is 5.21. The molecule has 1 aromatic carbocycles. The maximum atomic E-state index is 12.5. The third-order valence-corrected chi connectivity index (χ3v) is 5.19. The standard InChI is InChI=1S/C20H28N2O5/c1-14-9-11-15(12-10-14)21(2)18(23)13-27-19(24)16-7-5-6-8-17(16)22(3)20(25)26-4/h5-8,14-15H,9-13H2,1-4H3. The Labute approximate surface area is 160 Å². The van der Waals surface area contributed by atoms with E-state index >= 15 is 0 Å². The van der Waals surface area contributed by atoms with Crippen LogP contribution < -0.4 is 4.90 Å². The number of methoxy groups -OCH3 is 1.